The minimum absolute atomic E-state index is 0.256. The number of hydrogen-bond acceptors (Lipinski definition) is 2. The molecular weight excluding hydrogens is 178 g/mol. The molecule has 2 aliphatic rings. The number of nitrogens with one attached hydrogen (secondary N) is 1. The number of likely N-dealkylation sites (tertiary alicyclic amines) is 1. The monoisotopic (exact) mass is 197 g/mol. The zero-order chi connectivity index (χ0) is 10.0. The Hall–Kier alpha value is -0.770. The maximum Gasteiger partial charge on any atom is 0.314 e. The molecule has 2 fully saturated rings. The standard InChI is InChI=1S/C10H19N3O/c11-9(14)13-7-3-10(4-8-13)1-5-12-6-2-10/h12H,1-8H2,(H2,11,14). The average Bonchev–Trinajstić information content (AvgIpc) is 2.19. The summed E-state index contributed by atoms with van der Waals surface area (Å²) in [4.78, 5) is 12.7. The third kappa shape index (κ3) is 1.85. The summed E-state index contributed by atoms with van der Waals surface area (Å²) in [5.74, 6) is 0. The SMILES string of the molecule is NC(=O)N1CCC2(CCNCC2)CC1. The van der Waals surface area contributed by atoms with Gasteiger partial charge in [-0.25, -0.2) is 4.79 Å². The first-order valence-corrected chi connectivity index (χ1v) is 5.47. The molecule has 2 saturated heterocycles. The molecule has 80 valence electrons. The van der Waals surface area contributed by atoms with Crippen molar-refractivity contribution in [2.45, 2.75) is 25.7 Å². The molecule has 0 radical (unpaired) electrons. The summed E-state index contributed by atoms with van der Waals surface area (Å²) < 4.78 is 0. The number of amides is 2. The van der Waals surface area contributed by atoms with Crippen LogP contribution in [0.3, 0.4) is 0 Å². The van der Waals surface area contributed by atoms with Gasteiger partial charge in [0.2, 0.25) is 0 Å². The first kappa shape index (κ1) is 9.77. The molecule has 2 heterocycles. The van der Waals surface area contributed by atoms with Crippen molar-refractivity contribution in [1.29, 1.82) is 0 Å². The lowest BCUT2D eigenvalue weighted by Crippen LogP contribution is -2.48. The van der Waals surface area contributed by atoms with Crippen LogP contribution < -0.4 is 11.1 Å². The van der Waals surface area contributed by atoms with E-state index >= 15 is 0 Å². The summed E-state index contributed by atoms with van der Waals surface area (Å²) in [6.45, 7) is 3.98. The highest BCUT2D eigenvalue weighted by molar-refractivity contribution is 5.72. The van der Waals surface area contributed by atoms with Gasteiger partial charge in [0.1, 0.15) is 0 Å². The number of primary amides is 1. The lowest BCUT2D eigenvalue weighted by atomic mass is 9.72. The Morgan fingerprint density at radius 1 is 1.14 bits per heavy atom. The van der Waals surface area contributed by atoms with Crippen molar-refractivity contribution >= 4 is 6.03 Å². The van der Waals surface area contributed by atoms with Gasteiger partial charge in [0, 0.05) is 13.1 Å². The Labute approximate surface area is 84.8 Å². The van der Waals surface area contributed by atoms with Gasteiger partial charge >= 0.3 is 6.03 Å². The van der Waals surface area contributed by atoms with Gasteiger partial charge < -0.3 is 16.0 Å². The predicted octanol–water partition coefficient (Wildman–Crippen LogP) is 0.531. The Balaban J connectivity index is 1.90. The normalized spacial score (nSPS) is 26.4. The van der Waals surface area contributed by atoms with Gasteiger partial charge in [-0.15, -0.1) is 0 Å². The number of carbonyl (C=O) groups excluding carboxylic acids is 1. The van der Waals surface area contributed by atoms with E-state index in [1.165, 1.54) is 12.8 Å². The van der Waals surface area contributed by atoms with E-state index in [1.807, 2.05) is 0 Å². The minimum Gasteiger partial charge on any atom is -0.351 e. The predicted molar refractivity (Wildman–Crippen MR) is 54.9 cm³/mol. The molecular formula is C10H19N3O. The number of carbonyl (C=O) groups is 1. The van der Waals surface area contributed by atoms with Crippen LogP contribution in [0.1, 0.15) is 25.7 Å². The molecule has 4 heteroatoms. The minimum atomic E-state index is -0.256. The second-order valence-electron chi connectivity index (χ2n) is 4.58. The van der Waals surface area contributed by atoms with Crippen LogP contribution in [0.25, 0.3) is 0 Å². The Morgan fingerprint density at radius 2 is 1.71 bits per heavy atom. The molecule has 1 spiro atoms. The van der Waals surface area contributed by atoms with E-state index in [2.05, 4.69) is 5.32 Å². The molecule has 0 aliphatic carbocycles. The number of rotatable bonds is 0. The zero-order valence-electron chi connectivity index (χ0n) is 8.59. The van der Waals surface area contributed by atoms with Crippen LogP contribution in [0.15, 0.2) is 0 Å². The van der Waals surface area contributed by atoms with Crippen LogP contribution >= 0.6 is 0 Å². The fourth-order valence-corrected chi connectivity index (χ4v) is 2.66. The summed E-state index contributed by atoms with van der Waals surface area (Å²) in [6, 6.07) is -0.256. The number of piperidine rings is 2. The van der Waals surface area contributed by atoms with E-state index in [0.29, 0.717) is 5.41 Å². The Kier molecular flexibility index (Phi) is 2.63. The first-order valence-electron chi connectivity index (χ1n) is 5.47. The van der Waals surface area contributed by atoms with E-state index in [4.69, 9.17) is 5.73 Å². The van der Waals surface area contributed by atoms with Crippen molar-refractivity contribution in [1.82, 2.24) is 10.2 Å². The molecule has 0 atom stereocenters. The summed E-state index contributed by atoms with van der Waals surface area (Å²) in [5, 5.41) is 3.39. The van der Waals surface area contributed by atoms with Gasteiger partial charge in [-0.3, -0.25) is 0 Å². The zero-order valence-corrected chi connectivity index (χ0v) is 8.59. The van der Waals surface area contributed by atoms with Crippen molar-refractivity contribution in [2.24, 2.45) is 11.1 Å². The largest absolute Gasteiger partial charge is 0.351 e. The lowest BCUT2D eigenvalue weighted by molar-refractivity contribution is 0.0902. The summed E-state index contributed by atoms with van der Waals surface area (Å²) in [7, 11) is 0. The number of nitrogens with zero attached hydrogens (tertiary/aromatic N) is 1. The molecule has 14 heavy (non-hydrogen) atoms. The van der Waals surface area contributed by atoms with Crippen LogP contribution in [-0.4, -0.2) is 37.1 Å². The van der Waals surface area contributed by atoms with Gasteiger partial charge in [0.05, 0.1) is 0 Å². The van der Waals surface area contributed by atoms with Crippen LogP contribution in [0.4, 0.5) is 4.79 Å². The van der Waals surface area contributed by atoms with Crippen LogP contribution in [0.2, 0.25) is 0 Å². The number of nitrogens with two attached hydrogens (primary N) is 1. The van der Waals surface area contributed by atoms with Crippen molar-refractivity contribution in [2.75, 3.05) is 26.2 Å². The van der Waals surface area contributed by atoms with E-state index in [1.54, 1.807) is 4.90 Å². The molecule has 2 aliphatic heterocycles. The van der Waals surface area contributed by atoms with E-state index in [-0.39, 0.29) is 6.03 Å². The van der Waals surface area contributed by atoms with Crippen LogP contribution in [0, 0.1) is 5.41 Å². The Morgan fingerprint density at radius 3 is 2.21 bits per heavy atom. The van der Waals surface area contributed by atoms with Gasteiger partial charge in [0.15, 0.2) is 0 Å². The Bertz CT molecular complexity index is 213. The second kappa shape index (κ2) is 3.77. The molecule has 0 aromatic carbocycles. The van der Waals surface area contributed by atoms with Crippen LogP contribution in [0.5, 0.6) is 0 Å². The van der Waals surface area contributed by atoms with E-state index < -0.39 is 0 Å². The molecule has 0 bridgehead atoms. The van der Waals surface area contributed by atoms with Crippen LogP contribution in [-0.2, 0) is 0 Å². The molecule has 3 N–H and O–H groups in total. The molecule has 4 nitrogen and oxygen atoms in total. The number of urea groups is 1. The third-order valence-electron chi connectivity index (χ3n) is 3.80. The molecule has 0 aromatic heterocycles. The summed E-state index contributed by atoms with van der Waals surface area (Å²) in [6.07, 6.45) is 4.80. The van der Waals surface area contributed by atoms with Crippen molar-refractivity contribution < 1.29 is 4.79 Å². The van der Waals surface area contributed by atoms with E-state index in [0.717, 1.165) is 39.0 Å². The fraction of sp³-hybridized carbons (Fsp3) is 0.900. The maximum absolute atomic E-state index is 11.0. The van der Waals surface area contributed by atoms with Gasteiger partial charge in [-0.05, 0) is 44.2 Å². The molecule has 2 amide bonds. The highest BCUT2D eigenvalue weighted by Gasteiger charge is 2.36. The fourth-order valence-electron chi connectivity index (χ4n) is 2.66. The van der Waals surface area contributed by atoms with Crippen molar-refractivity contribution in [3.63, 3.8) is 0 Å². The maximum atomic E-state index is 11.0. The lowest BCUT2D eigenvalue weighted by Gasteiger charge is -2.44. The second-order valence-corrected chi connectivity index (χ2v) is 4.58. The van der Waals surface area contributed by atoms with Crippen molar-refractivity contribution in [3.8, 4) is 0 Å². The smallest absolute Gasteiger partial charge is 0.314 e. The molecule has 0 saturated carbocycles. The molecule has 0 aromatic rings. The molecule has 2 rings (SSSR count). The highest BCUT2D eigenvalue weighted by atomic mass is 16.2. The quantitative estimate of drug-likeness (QED) is 0.595. The van der Waals surface area contributed by atoms with E-state index in [9.17, 15) is 4.79 Å². The van der Waals surface area contributed by atoms with Gasteiger partial charge in [-0.1, -0.05) is 0 Å². The molecule has 0 unspecified atom stereocenters. The topological polar surface area (TPSA) is 58.4 Å². The van der Waals surface area contributed by atoms with Gasteiger partial charge in [-0.2, -0.15) is 0 Å². The summed E-state index contributed by atoms with van der Waals surface area (Å²) in [5.41, 5.74) is 5.77. The highest BCUT2D eigenvalue weighted by Crippen LogP contribution is 2.39. The third-order valence-corrected chi connectivity index (χ3v) is 3.80. The van der Waals surface area contributed by atoms with Gasteiger partial charge in [0.25, 0.3) is 0 Å². The van der Waals surface area contributed by atoms with Crippen molar-refractivity contribution in [3.05, 3.63) is 0 Å². The number of hydrogen-bond donors (Lipinski definition) is 2. The summed E-state index contributed by atoms with van der Waals surface area (Å²) >= 11 is 0. The average molecular weight is 197 g/mol. The first-order chi connectivity index (χ1) is 6.72.